The van der Waals surface area contributed by atoms with E-state index >= 15 is 0 Å². The summed E-state index contributed by atoms with van der Waals surface area (Å²) in [6.45, 7) is 1.82. The maximum Gasteiger partial charge on any atom is 0.335 e. The van der Waals surface area contributed by atoms with Crippen molar-refractivity contribution < 1.29 is 24.0 Å². The summed E-state index contributed by atoms with van der Waals surface area (Å²) in [4.78, 5) is 38.8. The van der Waals surface area contributed by atoms with Crippen molar-refractivity contribution in [3.8, 4) is 11.3 Å². The number of amides is 1. The van der Waals surface area contributed by atoms with E-state index < -0.39 is 12.0 Å². The van der Waals surface area contributed by atoms with Gasteiger partial charge < -0.3 is 14.9 Å². The first-order chi connectivity index (χ1) is 19.4. The van der Waals surface area contributed by atoms with Crippen molar-refractivity contribution >= 4 is 49.9 Å². The quantitative estimate of drug-likeness (QED) is 0.206. The van der Waals surface area contributed by atoms with Crippen LogP contribution >= 0.6 is 11.3 Å². The van der Waals surface area contributed by atoms with Gasteiger partial charge in [-0.25, -0.2) is 4.79 Å². The summed E-state index contributed by atoms with van der Waals surface area (Å²) in [6, 6.07) is 24.7. The molecule has 0 aliphatic heterocycles. The normalized spacial score (nSPS) is 11.9. The van der Waals surface area contributed by atoms with Crippen LogP contribution in [0, 0.1) is 0 Å². The number of aromatic nitrogens is 1. The van der Waals surface area contributed by atoms with Crippen molar-refractivity contribution in [2.45, 2.75) is 13.0 Å². The Morgan fingerprint density at radius 2 is 1.62 bits per heavy atom. The monoisotopic (exact) mass is 546 g/mol. The van der Waals surface area contributed by atoms with Gasteiger partial charge in [-0.05, 0) is 53.6 Å². The molecule has 0 saturated heterocycles. The Bertz CT molecular complexity index is 1910. The lowest BCUT2D eigenvalue weighted by atomic mass is 9.95. The Labute approximate surface area is 232 Å². The third-order valence-corrected chi connectivity index (χ3v) is 7.84. The van der Waals surface area contributed by atoms with Crippen molar-refractivity contribution in [3.05, 3.63) is 124 Å². The molecule has 0 unspecified atom stereocenters. The number of carboxylic acid groups (broad SMARTS) is 1. The van der Waals surface area contributed by atoms with E-state index in [0.29, 0.717) is 33.3 Å². The van der Waals surface area contributed by atoms with Gasteiger partial charge in [0.05, 0.1) is 11.6 Å². The fraction of sp³-hybridized carbons (Fsp3) is 0.0625. The van der Waals surface area contributed by atoms with Crippen molar-refractivity contribution in [2.24, 2.45) is 0 Å². The van der Waals surface area contributed by atoms with E-state index in [2.05, 4.69) is 10.5 Å². The number of benzene rings is 4. The van der Waals surface area contributed by atoms with Crippen molar-refractivity contribution in [1.29, 1.82) is 0 Å². The van der Waals surface area contributed by atoms with Crippen LogP contribution in [0.1, 0.15) is 55.2 Å². The summed E-state index contributed by atoms with van der Waals surface area (Å²) in [5.41, 5.74) is 3.51. The molecule has 0 aliphatic carbocycles. The van der Waals surface area contributed by atoms with Crippen molar-refractivity contribution in [3.63, 3.8) is 0 Å². The number of carbonyl (C=O) groups excluding carboxylic acids is 2. The Balaban J connectivity index is 1.41. The summed E-state index contributed by atoms with van der Waals surface area (Å²) in [7, 11) is 0. The number of aromatic carboxylic acids is 1. The zero-order valence-electron chi connectivity index (χ0n) is 21.3. The SMILES string of the molecule is C[C@H](NC(=O)c1cc(-c2ccon2)cc2scc(C(=O)c3ccc4ccccc4c3)c12)c1ccc(C(=O)O)cc1. The lowest BCUT2D eigenvalue weighted by Crippen LogP contribution is -2.27. The van der Waals surface area contributed by atoms with Gasteiger partial charge in [0, 0.05) is 43.8 Å². The van der Waals surface area contributed by atoms with E-state index in [1.165, 1.54) is 29.7 Å². The molecule has 2 heterocycles. The number of nitrogens with zero attached hydrogens (tertiary/aromatic N) is 1. The predicted molar refractivity (Wildman–Crippen MR) is 154 cm³/mol. The zero-order valence-corrected chi connectivity index (χ0v) is 22.1. The van der Waals surface area contributed by atoms with E-state index in [-0.39, 0.29) is 17.3 Å². The van der Waals surface area contributed by atoms with Gasteiger partial charge in [-0.15, -0.1) is 11.3 Å². The number of nitrogens with one attached hydrogen (secondary N) is 1. The molecule has 0 saturated carbocycles. The highest BCUT2D eigenvalue weighted by Gasteiger charge is 2.23. The minimum Gasteiger partial charge on any atom is -0.478 e. The Hall–Kier alpha value is -5.08. The molecule has 40 heavy (non-hydrogen) atoms. The van der Waals surface area contributed by atoms with Crippen LogP contribution in [0.15, 0.2) is 101 Å². The second-order valence-electron chi connectivity index (χ2n) is 9.44. The van der Waals surface area contributed by atoms with Gasteiger partial charge >= 0.3 is 5.97 Å². The molecule has 4 aromatic carbocycles. The molecular formula is C32H22N2O5S. The Morgan fingerprint density at radius 3 is 2.35 bits per heavy atom. The number of rotatable bonds is 7. The first kappa shape index (κ1) is 25.2. The van der Waals surface area contributed by atoms with Gasteiger partial charge in [-0.3, -0.25) is 9.59 Å². The van der Waals surface area contributed by atoms with Gasteiger partial charge in [0.2, 0.25) is 0 Å². The molecule has 2 N–H and O–H groups in total. The maximum absolute atomic E-state index is 13.8. The summed E-state index contributed by atoms with van der Waals surface area (Å²) >= 11 is 1.39. The molecular weight excluding hydrogens is 524 g/mol. The lowest BCUT2D eigenvalue weighted by molar-refractivity contribution is 0.0696. The highest BCUT2D eigenvalue weighted by Crippen LogP contribution is 2.35. The van der Waals surface area contributed by atoms with Crippen molar-refractivity contribution in [1.82, 2.24) is 10.5 Å². The van der Waals surface area contributed by atoms with Gasteiger partial charge in [0.1, 0.15) is 12.0 Å². The predicted octanol–water partition coefficient (Wildman–Crippen LogP) is 7.13. The first-order valence-electron chi connectivity index (χ1n) is 12.5. The molecule has 0 bridgehead atoms. The number of carboxylic acids is 1. The number of ketones is 1. The van der Waals surface area contributed by atoms with Gasteiger partial charge in [-0.2, -0.15) is 0 Å². The number of fused-ring (bicyclic) bond motifs is 2. The molecule has 0 fully saturated rings. The Kier molecular flexibility index (Phi) is 6.45. The minimum atomic E-state index is -1.02. The van der Waals surface area contributed by atoms with E-state index in [9.17, 15) is 19.5 Å². The lowest BCUT2D eigenvalue weighted by Gasteiger charge is -2.16. The number of carbonyl (C=O) groups is 3. The molecule has 0 spiro atoms. The third-order valence-electron chi connectivity index (χ3n) is 6.91. The van der Waals surface area contributed by atoms with Crippen LogP contribution in [0.25, 0.3) is 32.1 Å². The molecule has 1 amide bonds. The average molecular weight is 547 g/mol. The minimum absolute atomic E-state index is 0.166. The standard InChI is InChI=1S/C32H22N2O5S/c1-18(19-6-9-21(10-7-19)32(37)38)33-31(36)25-15-24(27-12-13-39-34-27)16-28-29(25)26(17-40-28)30(35)23-11-8-20-4-2-3-5-22(20)14-23/h2-18H,1H3,(H,33,36)(H,37,38)/t18-/m0/s1. The molecule has 196 valence electrons. The van der Waals surface area contributed by atoms with Crippen LogP contribution in [0.4, 0.5) is 0 Å². The van der Waals surface area contributed by atoms with Crippen LogP contribution in [-0.4, -0.2) is 27.9 Å². The molecule has 8 heteroatoms. The largest absolute Gasteiger partial charge is 0.478 e. The summed E-state index contributed by atoms with van der Waals surface area (Å²) < 4.78 is 5.80. The van der Waals surface area contributed by atoms with Crippen LogP contribution in [0.2, 0.25) is 0 Å². The smallest absolute Gasteiger partial charge is 0.335 e. The topological polar surface area (TPSA) is 110 Å². The Morgan fingerprint density at radius 1 is 0.875 bits per heavy atom. The van der Waals surface area contributed by atoms with E-state index in [1.54, 1.807) is 35.7 Å². The summed E-state index contributed by atoms with van der Waals surface area (Å²) in [6.07, 6.45) is 1.46. The van der Waals surface area contributed by atoms with Crippen LogP contribution in [-0.2, 0) is 0 Å². The van der Waals surface area contributed by atoms with Crippen LogP contribution in [0.3, 0.4) is 0 Å². The first-order valence-corrected chi connectivity index (χ1v) is 13.4. The maximum atomic E-state index is 13.8. The molecule has 6 aromatic rings. The zero-order chi connectivity index (χ0) is 27.8. The van der Waals surface area contributed by atoms with Gasteiger partial charge in [0.15, 0.2) is 5.78 Å². The molecule has 1 atom stereocenters. The molecule has 7 nitrogen and oxygen atoms in total. The molecule has 6 rings (SSSR count). The average Bonchev–Trinajstić information content (AvgIpc) is 3.67. The van der Waals surface area contributed by atoms with E-state index in [4.69, 9.17) is 4.52 Å². The molecule has 0 aliphatic rings. The number of hydrogen-bond acceptors (Lipinski definition) is 6. The summed E-state index contributed by atoms with van der Waals surface area (Å²) in [5.74, 6) is -1.55. The molecule has 0 radical (unpaired) electrons. The van der Waals surface area contributed by atoms with E-state index in [0.717, 1.165) is 21.0 Å². The third kappa shape index (κ3) is 4.65. The fourth-order valence-electron chi connectivity index (χ4n) is 4.78. The second-order valence-corrected chi connectivity index (χ2v) is 10.4. The van der Waals surface area contributed by atoms with Crippen molar-refractivity contribution in [2.75, 3.05) is 0 Å². The van der Waals surface area contributed by atoms with Crippen LogP contribution < -0.4 is 5.32 Å². The number of thiophene rings is 1. The van der Waals surface area contributed by atoms with Crippen LogP contribution in [0.5, 0.6) is 0 Å². The van der Waals surface area contributed by atoms with Gasteiger partial charge in [-0.1, -0.05) is 53.7 Å². The molecule has 2 aromatic heterocycles. The highest BCUT2D eigenvalue weighted by atomic mass is 32.1. The fourth-order valence-corrected chi connectivity index (χ4v) is 5.78. The van der Waals surface area contributed by atoms with E-state index in [1.807, 2.05) is 49.4 Å². The second kappa shape index (κ2) is 10.2. The van der Waals surface area contributed by atoms with Gasteiger partial charge in [0.25, 0.3) is 5.91 Å². The summed E-state index contributed by atoms with van der Waals surface area (Å²) in [5, 5.41) is 20.6. The number of hydrogen-bond donors (Lipinski definition) is 2. The highest BCUT2D eigenvalue weighted by molar-refractivity contribution is 7.17.